The van der Waals surface area contributed by atoms with E-state index in [0.29, 0.717) is 52.0 Å². The number of amides is 2. The molecule has 8 nitrogen and oxygen atoms in total. The highest BCUT2D eigenvalue weighted by Crippen LogP contribution is 2.36. The van der Waals surface area contributed by atoms with Gasteiger partial charge in [0.05, 0.1) is 19.3 Å². The monoisotopic (exact) mass is 534 g/mol. The Balaban J connectivity index is 1.47. The van der Waals surface area contributed by atoms with Gasteiger partial charge in [0.1, 0.15) is 5.75 Å². The highest BCUT2D eigenvalue weighted by Gasteiger charge is 2.41. The molecular weight excluding hydrogens is 492 g/mol. The Bertz CT molecular complexity index is 936. The lowest BCUT2D eigenvalue weighted by atomic mass is 9.77. The molecular formula is C28H43ClN4O4. The highest BCUT2D eigenvalue weighted by molar-refractivity contribution is 6.32. The number of aliphatic hydroxyl groups excluding tert-OH is 1. The third kappa shape index (κ3) is 7.37. The third-order valence-corrected chi connectivity index (χ3v) is 8.86. The third-order valence-electron chi connectivity index (χ3n) is 8.27. The van der Waals surface area contributed by atoms with Crippen LogP contribution in [0.25, 0.3) is 0 Å². The van der Waals surface area contributed by atoms with Crippen LogP contribution in [-0.2, 0) is 9.59 Å². The van der Waals surface area contributed by atoms with Crippen molar-refractivity contribution in [2.24, 2.45) is 5.41 Å². The van der Waals surface area contributed by atoms with Crippen molar-refractivity contribution in [1.29, 1.82) is 0 Å². The van der Waals surface area contributed by atoms with Crippen molar-refractivity contribution < 1.29 is 19.4 Å². The fraction of sp³-hybridized carbons (Fsp3) is 0.714. The van der Waals surface area contributed by atoms with Crippen LogP contribution in [0, 0.1) is 19.3 Å². The summed E-state index contributed by atoms with van der Waals surface area (Å²) in [6.07, 6.45) is 2.94. The molecule has 1 N–H and O–H groups in total. The molecule has 3 saturated heterocycles. The summed E-state index contributed by atoms with van der Waals surface area (Å²) >= 11 is 6.36. The van der Waals surface area contributed by atoms with Gasteiger partial charge in [-0.15, -0.1) is 0 Å². The number of benzene rings is 1. The predicted octanol–water partition coefficient (Wildman–Crippen LogP) is 2.57. The zero-order valence-corrected chi connectivity index (χ0v) is 23.4. The lowest BCUT2D eigenvalue weighted by Gasteiger charge is -2.44. The molecule has 3 fully saturated rings. The molecule has 0 radical (unpaired) electrons. The maximum absolute atomic E-state index is 13.4. The Kier molecular flexibility index (Phi) is 9.38. The summed E-state index contributed by atoms with van der Waals surface area (Å²) in [5.74, 6) is 0.973. The molecule has 0 bridgehead atoms. The molecule has 0 aromatic heterocycles. The van der Waals surface area contributed by atoms with Crippen molar-refractivity contribution >= 4 is 23.4 Å². The van der Waals surface area contributed by atoms with E-state index >= 15 is 0 Å². The Hall–Kier alpha value is -1.87. The van der Waals surface area contributed by atoms with E-state index in [4.69, 9.17) is 16.3 Å². The first-order chi connectivity index (χ1) is 17.6. The summed E-state index contributed by atoms with van der Waals surface area (Å²) in [6, 6.07) is 3.88. The van der Waals surface area contributed by atoms with Crippen LogP contribution in [0.5, 0.6) is 5.75 Å². The summed E-state index contributed by atoms with van der Waals surface area (Å²) in [5, 5.41) is 10.6. The minimum absolute atomic E-state index is 0.0901. The molecule has 1 unspecified atom stereocenters. The summed E-state index contributed by atoms with van der Waals surface area (Å²) in [7, 11) is 2.11. The Morgan fingerprint density at radius 2 is 1.65 bits per heavy atom. The first-order valence-corrected chi connectivity index (χ1v) is 14.1. The lowest BCUT2D eigenvalue weighted by Crippen LogP contribution is -2.54. The number of carbonyl (C=O) groups excluding carboxylic acids is 2. The van der Waals surface area contributed by atoms with Gasteiger partial charge in [-0.2, -0.15) is 0 Å². The molecule has 2 amide bonds. The molecule has 3 aliphatic heterocycles. The Morgan fingerprint density at radius 3 is 2.30 bits per heavy atom. The van der Waals surface area contributed by atoms with Crippen LogP contribution in [0.2, 0.25) is 5.02 Å². The van der Waals surface area contributed by atoms with Crippen molar-refractivity contribution in [1.82, 2.24) is 19.6 Å². The second-order valence-corrected chi connectivity index (χ2v) is 11.8. The molecule has 3 aliphatic rings. The van der Waals surface area contributed by atoms with Crippen LogP contribution >= 0.6 is 11.6 Å². The SMILES string of the molecule is Cc1cc(OCC2(CC(=O)N3CCC(O)CC3)CCCN(C(=O)CN3CCN(C)CC3)C2)cc(C)c1Cl. The number of likely N-dealkylation sites (N-methyl/N-ethyl adjacent to an activating group) is 1. The largest absolute Gasteiger partial charge is 0.493 e. The average molecular weight is 535 g/mol. The van der Waals surface area contributed by atoms with Gasteiger partial charge in [-0.05, 0) is 69.8 Å². The van der Waals surface area contributed by atoms with Gasteiger partial charge in [0.15, 0.2) is 0 Å². The summed E-state index contributed by atoms with van der Waals surface area (Å²) in [5.41, 5.74) is 1.47. The predicted molar refractivity (Wildman–Crippen MR) is 145 cm³/mol. The van der Waals surface area contributed by atoms with E-state index in [9.17, 15) is 14.7 Å². The number of hydrogen-bond acceptors (Lipinski definition) is 6. The molecule has 37 heavy (non-hydrogen) atoms. The molecule has 3 heterocycles. The maximum Gasteiger partial charge on any atom is 0.236 e. The van der Waals surface area contributed by atoms with Crippen molar-refractivity contribution in [3.8, 4) is 5.75 Å². The zero-order valence-electron chi connectivity index (χ0n) is 22.7. The van der Waals surface area contributed by atoms with Crippen LogP contribution < -0.4 is 4.74 Å². The molecule has 9 heteroatoms. The molecule has 0 spiro atoms. The second kappa shape index (κ2) is 12.3. The molecule has 1 aromatic rings. The summed E-state index contributed by atoms with van der Waals surface area (Å²) in [4.78, 5) is 35.1. The first-order valence-electron chi connectivity index (χ1n) is 13.7. The summed E-state index contributed by atoms with van der Waals surface area (Å²) < 4.78 is 6.34. The number of aliphatic hydroxyl groups is 1. The second-order valence-electron chi connectivity index (χ2n) is 11.4. The standard InChI is InChI=1S/C28H43ClN4O4/c1-21-15-24(16-22(2)27(21)29)37-20-28(17-25(35)32-9-5-23(34)6-10-32)7-4-8-33(19-28)26(36)18-31-13-11-30(3)12-14-31/h15-16,23,34H,4-14,17-20H2,1-3H3. The van der Waals surface area contributed by atoms with Crippen LogP contribution in [-0.4, -0.2) is 115 Å². The fourth-order valence-electron chi connectivity index (χ4n) is 5.80. The highest BCUT2D eigenvalue weighted by atomic mass is 35.5. The van der Waals surface area contributed by atoms with E-state index in [1.54, 1.807) is 0 Å². The first kappa shape index (κ1) is 28.1. The number of ether oxygens (including phenoxy) is 1. The molecule has 0 aliphatic carbocycles. The Morgan fingerprint density at radius 1 is 1.00 bits per heavy atom. The van der Waals surface area contributed by atoms with Crippen molar-refractivity contribution in [3.63, 3.8) is 0 Å². The number of hydrogen-bond donors (Lipinski definition) is 1. The normalized spacial score (nSPS) is 24.4. The molecule has 206 valence electrons. The van der Waals surface area contributed by atoms with Crippen molar-refractivity contribution in [2.45, 2.75) is 52.1 Å². The zero-order chi connectivity index (χ0) is 26.6. The van der Waals surface area contributed by atoms with Crippen LogP contribution in [0.3, 0.4) is 0 Å². The minimum Gasteiger partial charge on any atom is -0.493 e. The van der Waals surface area contributed by atoms with Gasteiger partial charge in [0.25, 0.3) is 0 Å². The lowest BCUT2D eigenvalue weighted by molar-refractivity contribution is -0.143. The van der Waals surface area contributed by atoms with E-state index in [0.717, 1.165) is 67.5 Å². The molecule has 4 rings (SSSR count). The minimum atomic E-state index is -0.454. The number of piperazine rings is 1. The van der Waals surface area contributed by atoms with Gasteiger partial charge >= 0.3 is 0 Å². The van der Waals surface area contributed by atoms with Gasteiger partial charge in [-0.25, -0.2) is 0 Å². The number of piperidine rings is 2. The number of halogens is 1. The number of nitrogens with zero attached hydrogens (tertiary/aromatic N) is 4. The van der Waals surface area contributed by atoms with Crippen molar-refractivity contribution in [2.75, 3.05) is 72.6 Å². The van der Waals surface area contributed by atoms with Crippen LogP contribution in [0.15, 0.2) is 12.1 Å². The van der Waals surface area contributed by atoms with Gasteiger partial charge in [-0.3, -0.25) is 14.5 Å². The molecule has 1 aromatic carbocycles. The van der Waals surface area contributed by atoms with E-state index < -0.39 is 5.41 Å². The molecule has 1 atom stereocenters. The van der Waals surface area contributed by atoms with Crippen LogP contribution in [0.1, 0.15) is 43.2 Å². The topological polar surface area (TPSA) is 76.6 Å². The number of carbonyl (C=O) groups is 2. The average Bonchev–Trinajstić information content (AvgIpc) is 2.88. The van der Waals surface area contributed by atoms with Gasteiger partial charge in [0.2, 0.25) is 11.8 Å². The quantitative estimate of drug-likeness (QED) is 0.579. The van der Waals surface area contributed by atoms with Crippen LogP contribution in [0.4, 0.5) is 0 Å². The maximum atomic E-state index is 13.4. The van der Waals surface area contributed by atoms with Gasteiger partial charge < -0.3 is 24.5 Å². The smallest absolute Gasteiger partial charge is 0.236 e. The van der Waals surface area contributed by atoms with Gasteiger partial charge in [-0.1, -0.05) is 11.6 Å². The van der Waals surface area contributed by atoms with E-state index in [2.05, 4.69) is 16.8 Å². The number of aryl methyl sites for hydroxylation is 2. The van der Waals surface area contributed by atoms with Gasteiger partial charge in [0, 0.05) is 69.2 Å². The fourth-order valence-corrected chi connectivity index (χ4v) is 5.91. The van der Waals surface area contributed by atoms with E-state index in [1.807, 2.05) is 35.8 Å². The Labute approximate surface area is 226 Å². The van der Waals surface area contributed by atoms with E-state index in [-0.39, 0.29) is 17.9 Å². The molecule has 0 saturated carbocycles. The number of rotatable bonds is 7. The number of likely N-dealkylation sites (tertiary alicyclic amines) is 2. The summed E-state index contributed by atoms with van der Waals surface area (Å²) in [6.45, 7) is 10.9. The van der Waals surface area contributed by atoms with E-state index in [1.165, 1.54) is 0 Å². The van der Waals surface area contributed by atoms with Crippen molar-refractivity contribution in [3.05, 3.63) is 28.3 Å².